The van der Waals surface area contributed by atoms with Crippen molar-refractivity contribution in [3.05, 3.63) is 18.2 Å². The second-order valence-corrected chi connectivity index (χ2v) is 11.1. The van der Waals surface area contributed by atoms with Crippen molar-refractivity contribution >= 4 is 35.6 Å². The molecule has 8 N–H and O–H groups in total. The molecule has 0 aliphatic carbocycles. The Morgan fingerprint density at radius 3 is 2.12 bits per heavy atom. The van der Waals surface area contributed by atoms with E-state index in [9.17, 15) is 39.0 Å². The average Bonchev–Trinajstić information content (AvgIpc) is 3.64. The number of amides is 4. The fraction of sp³-hybridized carbons (Fsp3) is 0.667. The van der Waals surface area contributed by atoms with Crippen molar-refractivity contribution in [3.63, 3.8) is 0 Å². The van der Waals surface area contributed by atoms with Crippen LogP contribution < -0.4 is 26.6 Å². The number of carbonyl (C=O) groups is 6. The Bertz CT molecular complexity index is 1090. The van der Waals surface area contributed by atoms with Crippen LogP contribution in [0.1, 0.15) is 65.5 Å². The first-order valence-corrected chi connectivity index (χ1v) is 14.2. The van der Waals surface area contributed by atoms with Gasteiger partial charge in [-0.2, -0.15) is 0 Å². The van der Waals surface area contributed by atoms with Gasteiger partial charge in [0, 0.05) is 18.3 Å². The largest absolute Gasteiger partial charge is 0.481 e. The molecular weight excluding hydrogens is 550 g/mol. The third-order valence-corrected chi connectivity index (χ3v) is 7.12. The van der Waals surface area contributed by atoms with Gasteiger partial charge in [-0.15, -0.1) is 0 Å². The van der Waals surface area contributed by atoms with E-state index < -0.39 is 66.3 Å². The molecule has 0 saturated carbocycles. The fourth-order valence-electron chi connectivity index (χ4n) is 4.57. The lowest BCUT2D eigenvalue weighted by Gasteiger charge is -2.29. The molecule has 1 aliphatic rings. The van der Waals surface area contributed by atoms with Crippen LogP contribution in [0, 0.1) is 11.8 Å². The lowest BCUT2D eigenvalue weighted by atomic mass is 9.96. The topological polar surface area (TPSA) is 232 Å². The molecule has 42 heavy (non-hydrogen) atoms. The number of nitrogens with one attached hydrogen (secondary N) is 6. The lowest BCUT2D eigenvalue weighted by molar-refractivity contribution is -0.143. The Kier molecular flexibility index (Phi) is 13.4. The van der Waals surface area contributed by atoms with Crippen LogP contribution in [0.15, 0.2) is 12.5 Å². The molecule has 0 spiro atoms. The fourth-order valence-corrected chi connectivity index (χ4v) is 4.57. The van der Waals surface area contributed by atoms with E-state index in [0.29, 0.717) is 25.1 Å². The van der Waals surface area contributed by atoms with E-state index in [1.54, 1.807) is 6.92 Å². The molecule has 2 heterocycles. The molecule has 6 atom stereocenters. The summed E-state index contributed by atoms with van der Waals surface area (Å²) in [6.45, 7) is 8.02. The Morgan fingerprint density at radius 1 is 0.952 bits per heavy atom. The number of aromatic nitrogens is 2. The van der Waals surface area contributed by atoms with Crippen LogP contribution in [0.25, 0.3) is 0 Å². The lowest BCUT2D eigenvalue weighted by Crippen LogP contribution is -2.60. The van der Waals surface area contributed by atoms with Crippen molar-refractivity contribution in [3.8, 4) is 0 Å². The van der Waals surface area contributed by atoms with E-state index in [1.165, 1.54) is 12.5 Å². The zero-order chi connectivity index (χ0) is 31.4. The molecule has 15 nitrogen and oxygen atoms in total. The minimum Gasteiger partial charge on any atom is -0.481 e. The van der Waals surface area contributed by atoms with Crippen LogP contribution in [0.4, 0.5) is 0 Å². The van der Waals surface area contributed by atoms with Crippen molar-refractivity contribution < 1.29 is 39.0 Å². The van der Waals surface area contributed by atoms with Crippen molar-refractivity contribution in [2.24, 2.45) is 11.8 Å². The first-order valence-electron chi connectivity index (χ1n) is 14.2. The van der Waals surface area contributed by atoms with Gasteiger partial charge in [0.15, 0.2) is 0 Å². The maximum Gasteiger partial charge on any atom is 0.326 e. The van der Waals surface area contributed by atoms with E-state index in [-0.39, 0.29) is 30.6 Å². The molecule has 2 rings (SSSR count). The average molecular weight is 594 g/mol. The minimum atomic E-state index is -1.62. The highest BCUT2D eigenvalue weighted by atomic mass is 16.4. The molecule has 1 aromatic heterocycles. The van der Waals surface area contributed by atoms with Gasteiger partial charge in [0.05, 0.1) is 18.8 Å². The summed E-state index contributed by atoms with van der Waals surface area (Å²) >= 11 is 0. The number of carbonyl (C=O) groups excluding carboxylic acids is 4. The van der Waals surface area contributed by atoms with Gasteiger partial charge in [0.25, 0.3) is 0 Å². The number of carboxylic acids is 2. The van der Waals surface area contributed by atoms with Gasteiger partial charge < -0.3 is 41.8 Å². The van der Waals surface area contributed by atoms with Crippen LogP contribution in [0.5, 0.6) is 0 Å². The Morgan fingerprint density at radius 2 is 1.60 bits per heavy atom. The maximum absolute atomic E-state index is 13.4. The molecule has 0 aromatic carbocycles. The van der Waals surface area contributed by atoms with Crippen LogP contribution in [-0.2, 0) is 35.2 Å². The van der Waals surface area contributed by atoms with E-state index in [4.69, 9.17) is 0 Å². The molecule has 1 saturated heterocycles. The summed E-state index contributed by atoms with van der Waals surface area (Å²) in [5.74, 6) is -5.83. The third-order valence-electron chi connectivity index (χ3n) is 7.12. The number of H-pyrrole nitrogens is 1. The van der Waals surface area contributed by atoms with E-state index in [2.05, 4.69) is 36.6 Å². The van der Waals surface area contributed by atoms with Crippen molar-refractivity contribution in [2.45, 2.75) is 96.4 Å². The van der Waals surface area contributed by atoms with Crippen LogP contribution in [-0.4, -0.2) is 92.5 Å². The van der Waals surface area contributed by atoms with Crippen molar-refractivity contribution in [1.29, 1.82) is 0 Å². The minimum absolute atomic E-state index is 0.0853. The van der Waals surface area contributed by atoms with Crippen molar-refractivity contribution in [1.82, 2.24) is 36.6 Å². The highest BCUT2D eigenvalue weighted by Crippen LogP contribution is 2.13. The van der Waals surface area contributed by atoms with Gasteiger partial charge in [0.2, 0.25) is 23.6 Å². The number of aromatic amines is 1. The highest BCUT2D eigenvalue weighted by Gasteiger charge is 2.35. The number of hydrogen-bond donors (Lipinski definition) is 8. The molecule has 15 heteroatoms. The number of hydrogen-bond acceptors (Lipinski definition) is 8. The number of nitrogens with zero attached hydrogens (tertiary/aromatic N) is 1. The SMILES string of the molecule is CC[C@H](C)[C@H](NC(=O)[C@@H]1CCCN1)C(=O)N[C@@H](CC(C)C)C(=O)N[C@@H](CC(=O)O)C(=O)N[C@@H](Cc1cnc[nH]1)C(=O)O. The van der Waals surface area contributed by atoms with Gasteiger partial charge in [-0.05, 0) is 37.6 Å². The Hall–Kier alpha value is -4.01. The highest BCUT2D eigenvalue weighted by molar-refractivity contribution is 5.96. The van der Waals surface area contributed by atoms with Gasteiger partial charge in [-0.3, -0.25) is 24.0 Å². The maximum atomic E-state index is 13.4. The monoisotopic (exact) mass is 593 g/mol. The molecule has 4 amide bonds. The van der Waals surface area contributed by atoms with Crippen LogP contribution in [0.2, 0.25) is 0 Å². The number of carboxylic acid groups (broad SMARTS) is 2. The van der Waals surface area contributed by atoms with Crippen LogP contribution >= 0.6 is 0 Å². The third kappa shape index (κ3) is 10.8. The summed E-state index contributed by atoms with van der Waals surface area (Å²) in [7, 11) is 0. The van der Waals surface area contributed by atoms with E-state index in [0.717, 1.165) is 6.42 Å². The molecule has 0 bridgehead atoms. The summed E-state index contributed by atoms with van der Waals surface area (Å²) in [6.07, 6.45) is 3.97. The standard InChI is InChI=1S/C27H43N7O8/c1-5-15(4)22(34-23(37)17-7-6-8-29-17)26(40)32-18(9-14(2)3)24(38)31-19(11-21(35)36)25(39)33-20(27(41)42)10-16-12-28-13-30-16/h12-15,17-20,22,29H,5-11H2,1-4H3,(H,28,30)(H,31,38)(H,32,40)(H,33,39)(H,34,37)(H,35,36)(H,41,42)/t15-,17-,18-,19-,20-,22-/m0/s1. The quantitative estimate of drug-likeness (QED) is 0.113. The predicted octanol–water partition coefficient (Wildman–Crippen LogP) is -0.705. The molecular formula is C27H43N7O8. The van der Waals surface area contributed by atoms with Crippen molar-refractivity contribution in [2.75, 3.05) is 6.54 Å². The first-order chi connectivity index (χ1) is 19.8. The second kappa shape index (κ2) is 16.4. The Balaban J connectivity index is 2.18. The van der Waals surface area contributed by atoms with E-state index in [1.807, 2.05) is 20.8 Å². The Labute approximate surface area is 244 Å². The zero-order valence-corrected chi connectivity index (χ0v) is 24.4. The molecule has 0 radical (unpaired) electrons. The summed E-state index contributed by atoms with van der Waals surface area (Å²) in [5, 5.41) is 32.2. The number of rotatable bonds is 17. The summed E-state index contributed by atoms with van der Waals surface area (Å²) in [5.41, 5.74) is 0.424. The second-order valence-electron chi connectivity index (χ2n) is 11.1. The van der Waals surface area contributed by atoms with Gasteiger partial charge >= 0.3 is 11.9 Å². The van der Waals surface area contributed by atoms with Gasteiger partial charge in [-0.1, -0.05) is 34.1 Å². The van der Waals surface area contributed by atoms with E-state index >= 15 is 0 Å². The summed E-state index contributed by atoms with van der Waals surface area (Å²) in [6, 6.07) is -5.54. The zero-order valence-electron chi connectivity index (χ0n) is 24.4. The number of aliphatic carboxylic acids is 2. The number of imidazole rings is 1. The summed E-state index contributed by atoms with van der Waals surface area (Å²) in [4.78, 5) is 82.3. The molecule has 1 aromatic rings. The summed E-state index contributed by atoms with van der Waals surface area (Å²) < 4.78 is 0. The van der Waals surface area contributed by atoms with Crippen LogP contribution in [0.3, 0.4) is 0 Å². The first kappa shape index (κ1) is 34.2. The predicted molar refractivity (Wildman–Crippen MR) is 150 cm³/mol. The molecule has 1 fully saturated rings. The van der Waals surface area contributed by atoms with Gasteiger partial charge in [-0.25, -0.2) is 9.78 Å². The molecule has 234 valence electrons. The molecule has 1 aliphatic heterocycles. The molecule has 0 unspecified atom stereocenters. The smallest absolute Gasteiger partial charge is 0.326 e. The normalized spacial score (nSPS) is 18.3. The van der Waals surface area contributed by atoms with Gasteiger partial charge in [0.1, 0.15) is 24.2 Å².